The normalized spacial score (nSPS) is 10.2. The summed E-state index contributed by atoms with van der Waals surface area (Å²) in [6.07, 6.45) is 1.51. The summed E-state index contributed by atoms with van der Waals surface area (Å²) in [6, 6.07) is 11.8. The Kier molecular flexibility index (Phi) is 5.98. The van der Waals surface area contributed by atoms with Gasteiger partial charge in [0.15, 0.2) is 28.9 Å². The molecule has 29 heavy (non-hydrogen) atoms. The quantitative estimate of drug-likeness (QED) is 0.585. The molecule has 1 aromatic heterocycles. The van der Waals surface area contributed by atoms with Gasteiger partial charge in [-0.25, -0.2) is 14.8 Å². The number of methoxy groups -OCH3 is 3. The first-order valence-corrected chi connectivity index (χ1v) is 8.61. The van der Waals surface area contributed by atoms with E-state index in [0.717, 1.165) is 5.56 Å². The molecule has 0 aliphatic rings. The molecule has 0 bridgehead atoms. The van der Waals surface area contributed by atoms with Crippen LogP contribution in [0.1, 0.15) is 0 Å². The number of nitrogens with zero attached hydrogens (tertiary/aromatic N) is 2. The Morgan fingerprint density at radius 2 is 1.48 bits per heavy atom. The van der Waals surface area contributed by atoms with Crippen molar-refractivity contribution in [3.8, 4) is 28.6 Å². The minimum Gasteiger partial charge on any atom is -0.493 e. The van der Waals surface area contributed by atoms with Gasteiger partial charge in [0.2, 0.25) is 0 Å². The summed E-state index contributed by atoms with van der Waals surface area (Å²) in [5, 5.41) is 5.50. The molecule has 3 aromatic rings. The van der Waals surface area contributed by atoms with Gasteiger partial charge in [0.25, 0.3) is 0 Å². The molecule has 4 N–H and O–H groups in total. The zero-order valence-corrected chi connectivity index (χ0v) is 16.2. The second-order valence-corrected chi connectivity index (χ2v) is 5.87. The maximum atomic E-state index is 12.3. The van der Waals surface area contributed by atoms with Crippen LogP contribution in [0.2, 0.25) is 0 Å². The Hall–Kier alpha value is -4.01. The van der Waals surface area contributed by atoms with Gasteiger partial charge in [-0.05, 0) is 36.4 Å². The van der Waals surface area contributed by atoms with Gasteiger partial charge < -0.3 is 30.6 Å². The number of nitrogens with two attached hydrogens (primary N) is 1. The van der Waals surface area contributed by atoms with Crippen molar-refractivity contribution in [2.75, 3.05) is 37.7 Å². The lowest BCUT2D eigenvalue weighted by molar-refractivity contribution is 0.262. The van der Waals surface area contributed by atoms with E-state index in [2.05, 4.69) is 20.6 Å². The third kappa shape index (κ3) is 4.64. The third-order valence-electron chi connectivity index (χ3n) is 4.05. The number of carbonyl (C=O) groups excluding carboxylic acids is 1. The number of nitrogens with one attached hydrogen (secondary N) is 2. The van der Waals surface area contributed by atoms with Crippen LogP contribution in [0, 0.1) is 0 Å². The van der Waals surface area contributed by atoms with E-state index < -0.39 is 6.03 Å². The van der Waals surface area contributed by atoms with Gasteiger partial charge in [-0.1, -0.05) is 0 Å². The van der Waals surface area contributed by atoms with E-state index in [4.69, 9.17) is 19.9 Å². The summed E-state index contributed by atoms with van der Waals surface area (Å²) in [6.45, 7) is 0. The molecule has 0 fully saturated rings. The number of nitrogen functional groups attached to an aromatic ring is 1. The highest BCUT2D eigenvalue weighted by Crippen LogP contribution is 2.30. The summed E-state index contributed by atoms with van der Waals surface area (Å²) < 4.78 is 15.5. The molecule has 2 amide bonds. The summed E-state index contributed by atoms with van der Waals surface area (Å²) in [5.41, 5.74) is 7.75. The van der Waals surface area contributed by atoms with E-state index in [1.54, 1.807) is 49.6 Å². The fourth-order valence-corrected chi connectivity index (χ4v) is 2.59. The SMILES string of the molecule is COc1ccc(NC(=O)Nc2ccc(-c3ncc(OC)c(N)n3)cc2)cc1OC. The van der Waals surface area contributed by atoms with E-state index in [9.17, 15) is 4.79 Å². The number of amides is 2. The first-order valence-electron chi connectivity index (χ1n) is 8.61. The summed E-state index contributed by atoms with van der Waals surface area (Å²) in [5.74, 6) is 2.24. The van der Waals surface area contributed by atoms with Crippen LogP contribution in [0.3, 0.4) is 0 Å². The van der Waals surface area contributed by atoms with Gasteiger partial charge in [0.05, 0.1) is 27.5 Å². The number of aromatic nitrogens is 2. The lowest BCUT2D eigenvalue weighted by Crippen LogP contribution is -2.19. The molecule has 3 rings (SSSR count). The van der Waals surface area contributed by atoms with E-state index in [-0.39, 0.29) is 5.82 Å². The van der Waals surface area contributed by atoms with Crippen LogP contribution in [0.15, 0.2) is 48.7 Å². The first-order chi connectivity index (χ1) is 14.0. The number of carbonyl (C=O) groups is 1. The Morgan fingerprint density at radius 3 is 2.10 bits per heavy atom. The number of ether oxygens (including phenoxy) is 3. The van der Waals surface area contributed by atoms with Crippen molar-refractivity contribution < 1.29 is 19.0 Å². The Bertz CT molecular complexity index is 1010. The highest BCUT2D eigenvalue weighted by atomic mass is 16.5. The average Bonchev–Trinajstić information content (AvgIpc) is 2.74. The predicted octanol–water partition coefficient (Wildman–Crippen LogP) is 3.40. The third-order valence-corrected chi connectivity index (χ3v) is 4.05. The number of benzene rings is 2. The number of hydrogen-bond donors (Lipinski definition) is 3. The zero-order valence-electron chi connectivity index (χ0n) is 16.2. The van der Waals surface area contributed by atoms with Crippen molar-refractivity contribution in [2.24, 2.45) is 0 Å². The van der Waals surface area contributed by atoms with Gasteiger partial charge in [-0.3, -0.25) is 0 Å². The molecule has 0 spiro atoms. The molecule has 150 valence electrons. The smallest absolute Gasteiger partial charge is 0.323 e. The molecular formula is C20H21N5O4. The van der Waals surface area contributed by atoms with Gasteiger partial charge >= 0.3 is 6.03 Å². The van der Waals surface area contributed by atoms with Crippen molar-refractivity contribution in [1.29, 1.82) is 0 Å². The predicted molar refractivity (Wildman–Crippen MR) is 111 cm³/mol. The summed E-state index contributed by atoms with van der Waals surface area (Å²) in [4.78, 5) is 20.7. The standard InChI is InChI=1S/C20H21N5O4/c1-27-15-9-8-14(10-16(15)28-2)24-20(26)23-13-6-4-12(5-7-13)19-22-11-17(29-3)18(21)25-19/h4-11H,1-3H3,(H2,21,22,25)(H2,23,24,26). The molecule has 0 radical (unpaired) electrons. The molecule has 0 unspecified atom stereocenters. The van der Waals surface area contributed by atoms with Crippen molar-refractivity contribution in [3.63, 3.8) is 0 Å². The number of anilines is 3. The van der Waals surface area contributed by atoms with E-state index >= 15 is 0 Å². The second-order valence-electron chi connectivity index (χ2n) is 5.87. The molecule has 2 aromatic carbocycles. The van der Waals surface area contributed by atoms with Gasteiger partial charge in [-0.2, -0.15) is 0 Å². The Balaban J connectivity index is 1.66. The van der Waals surface area contributed by atoms with Gasteiger partial charge in [0.1, 0.15) is 0 Å². The lowest BCUT2D eigenvalue weighted by atomic mass is 10.2. The van der Waals surface area contributed by atoms with Crippen molar-refractivity contribution >= 4 is 23.2 Å². The highest BCUT2D eigenvalue weighted by Gasteiger charge is 2.09. The molecule has 0 aliphatic heterocycles. The fraction of sp³-hybridized carbons (Fsp3) is 0.150. The molecule has 0 aliphatic carbocycles. The largest absolute Gasteiger partial charge is 0.493 e. The maximum absolute atomic E-state index is 12.3. The van der Waals surface area contributed by atoms with Crippen LogP contribution in [-0.2, 0) is 0 Å². The number of rotatable bonds is 6. The molecule has 0 saturated heterocycles. The molecule has 9 heteroatoms. The Labute approximate surface area is 167 Å². The van der Waals surface area contributed by atoms with Crippen LogP contribution in [0.25, 0.3) is 11.4 Å². The van der Waals surface area contributed by atoms with E-state index in [0.29, 0.717) is 34.4 Å². The lowest BCUT2D eigenvalue weighted by Gasteiger charge is -2.11. The van der Waals surface area contributed by atoms with Crippen molar-refractivity contribution in [2.45, 2.75) is 0 Å². The number of hydrogen-bond acceptors (Lipinski definition) is 7. The average molecular weight is 395 g/mol. The highest BCUT2D eigenvalue weighted by molar-refractivity contribution is 6.00. The first kappa shape index (κ1) is 19.7. The van der Waals surface area contributed by atoms with Gasteiger partial charge in [-0.15, -0.1) is 0 Å². The minimum absolute atomic E-state index is 0.258. The topological polar surface area (TPSA) is 121 Å². The molecule has 1 heterocycles. The number of urea groups is 1. The van der Waals surface area contributed by atoms with Crippen molar-refractivity contribution in [3.05, 3.63) is 48.7 Å². The van der Waals surface area contributed by atoms with E-state index in [1.807, 2.05) is 0 Å². The fourth-order valence-electron chi connectivity index (χ4n) is 2.59. The zero-order chi connectivity index (χ0) is 20.8. The van der Waals surface area contributed by atoms with Crippen LogP contribution in [-0.4, -0.2) is 37.3 Å². The molecule has 9 nitrogen and oxygen atoms in total. The van der Waals surface area contributed by atoms with Crippen LogP contribution in [0.5, 0.6) is 17.2 Å². The summed E-state index contributed by atoms with van der Waals surface area (Å²) in [7, 11) is 4.58. The molecule has 0 saturated carbocycles. The van der Waals surface area contributed by atoms with Crippen LogP contribution >= 0.6 is 0 Å². The van der Waals surface area contributed by atoms with Crippen LogP contribution < -0.4 is 30.6 Å². The van der Waals surface area contributed by atoms with Crippen LogP contribution in [0.4, 0.5) is 22.0 Å². The van der Waals surface area contributed by atoms with Crippen molar-refractivity contribution in [1.82, 2.24) is 9.97 Å². The van der Waals surface area contributed by atoms with Gasteiger partial charge in [0, 0.05) is 23.0 Å². The minimum atomic E-state index is -0.394. The maximum Gasteiger partial charge on any atom is 0.323 e. The monoisotopic (exact) mass is 395 g/mol. The Morgan fingerprint density at radius 1 is 0.862 bits per heavy atom. The second kappa shape index (κ2) is 8.79. The summed E-state index contributed by atoms with van der Waals surface area (Å²) >= 11 is 0. The molecule has 0 atom stereocenters. The molecular weight excluding hydrogens is 374 g/mol. The van der Waals surface area contributed by atoms with E-state index in [1.165, 1.54) is 20.4 Å².